The van der Waals surface area contributed by atoms with E-state index in [1.54, 1.807) is 0 Å². The van der Waals surface area contributed by atoms with Crippen LogP contribution in [0.2, 0.25) is 0 Å². The zero-order chi connectivity index (χ0) is 13.3. The SMILES string of the molecule is CCN1C(=O)C(C(C)C)NC1c1cccc(C)c1. The van der Waals surface area contributed by atoms with E-state index >= 15 is 0 Å². The van der Waals surface area contributed by atoms with Gasteiger partial charge in [-0.25, -0.2) is 0 Å². The molecule has 0 radical (unpaired) electrons. The van der Waals surface area contributed by atoms with E-state index in [0.29, 0.717) is 5.92 Å². The summed E-state index contributed by atoms with van der Waals surface area (Å²) in [5, 5.41) is 3.46. The topological polar surface area (TPSA) is 32.3 Å². The van der Waals surface area contributed by atoms with Crippen LogP contribution in [-0.4, -0.2) is 23.4 Å². The van der Waals surface area contributed by atoms with E-state index in [0.717, 1.165) is 6.54 Å². The van der Waals surface area contributed by atoms with E-state index < -0.39 is 0 Å². The maximum absolute atomic E-state index is 12.3. The molecule has 1 fully saturated rings. The van der Waals surface area contributed by atoms with Crippen LogP contribution in [0.3, 0.4) is 0 Å². The van der Waals surface area contributed by atoms with Crippen molar-refractivity contribution in [3.63, 3.8) is 0 Å². The van der Waals surface area contributed by atoms with Crippen LogP contribution in [0.4, 0.5) is 0 Å². The molecule has 0 bridgehead atoms. The van der Waals surface area contributed by atoms with E-state index in [4.69, 9.17) is 0 Å². The van der Waals surface area contributed by atoms with Crippen LogP contribution in [0.5, 0.6) is 0 Å². The Kier molecular flexibility index (Phi) is 3.71. The number of carbonyl (C=O) groups is 1. The number of nitrogens with one attached hydrogen (secondary N) is 1. The summed E-state index contributed by atoms with van der Waals surface area (Å²) in [6.45, 7) is 9.03. The number of likely N-dealkylation sites (N-methyl/N-ethyl adjacent to an activating group) is 1. The molecule has 1 aromatic carbocycles. The Bertz CT molecular complexity index is 442. The van der Waals surface area contributed by atoms with Crippen LogP contribution in [0.15, 0.2) is 24.3 Å². The van der Waals surface area contributed by atoms with Gasteiger partial charge < -0.3 is 4.90 Å². The average Bonchev–Trinajstić information content (AvgIpc) is 2.66. The number of hydrogen-bond donors (Lipinski definition) is 1. The quantitative estimate of drug-likeness (QED) is 0.888. The van der Waals surface area contributed by atoms with Crippen molar-refractivity contribution in [1.82, 2.24) is 10.2 Å². The third-order valence-electron chi connectivity index (χ3n) is 3.56. The van der Waals surface area contributed by atoms with E-state index in [9.17, 15) is 4.79 Å². The van der Waals surface area contributed by atoms with Crippen molar-refractivity contribution < 1.29 is 4.79 Å². The largest absolute Gasteiger partial charge is 0.322 e. The molecule has 0 spiro atoms. The fraction of sp³-hybridized carbons (Fsp3) is 0.533. The van der Waals surface area contributed by atoms with Crippen LogP contribution in [0.25, 0.3) is 0 Å². The zero-order valence-corrected chi connectivity index (χ0v) is 11.6. The van der Waals surface area contributed by atoms with Crippen molar-refractivity contribution >= 4 is 5.91 Å². The fourth-order valence-electron chi connectivity index (χ4n) is 2.57. The van der Waals surface area contributed by atoms with E-state index in [1.165, 1.54) is 11.1 Å². The molecule has 18 heavy (non-hydrogen) atoms. The van der Waals surface area contributed by atoms with E-state index in [1.807, 2.05) is 17.9 Å². The molecular formula is C15H22N2O. The van der Waals surface area contributed by atoms with Crippen LogP contribution < -0.4 is 5.32 Å². The van der Waals surface area contributed by atoms with Crippen LogP contribution in [0, 0.1) is 12.8 Å². The average molecular weight is 246 g/mol. The zero-order valence-electron chi connectivity index (χ0n) is 11.6. The van der Waals surface area contributed by atoms with E-state index in [2.05, 4.69) is 44.3 Å². The normalized spacial score (nSPS) is 24.1. The highest BCUT2D eigenvalue weighted by atomic mass is 16.2. The van der Waals surface area contributed by atoms with Gasteiger partial charge in [0.05, 0.1) is 6.04 Å². The van der Waals surface area contributed by atoms with E-state index in [-0.39, 0.29) is 18.1 Å². The Balaban J connectivity index is 2.30. The number of hydrogen-bond acceptors (Lipinski definition) is 2. The molecular weight excluding hydrogens is 224 g/mol. The summed E-state index contributed by atoms with van der Waals surface area (Å²) < 4.78 is 0. The van der Waals surface area contributed by atoms with Crippen LogP contribution >= 0.6 is 0 Å². The summed E-state index contributed by atoms with van der Waals surface area (Å²) in [4.78, 5) is 14.2. The molecule has 3 heteroatoms. The fourth-order valence-corrected chi connectivity index (χ4v) is 2.57. The van der Waals surface area contributed by atoms with Gasteiger partial charge in [-0.3, -0.25) is 10.1 Å². The monoisotopic (exact) mass is 246 g/mol. The number of nitrogens with zero attached hydrogens (tertiary/aromatic N) is 1. The van der Waals surface area contributed by atoms with Crippen molar-refractivity contribution in [2.24, 2.45) is 5.92 Å². The molecule has 98 valence electrons. The van der Waals surface area contributed by atoms with Gasteiger partial charge in [0, 0.05) is 6.54 Å². The summed E-state index contributed by atoms with van der Waals surface area (Å²) in [5.74, 6) is 0.542. The van der Waals surface area contributed by atoms with Gasteiger partial charge in [-0.2, -0.15) is 0 Å². The molecule has 1 aliphatic rings. The summed E-state index contributed by atoms with van der Waals surface area (Å²) in [6, 6.07) is 8.30. The lowest BCUT2D eigenvalue weighted by Crippen LogP contribution is -2.34. The summed E-state index contributed by atoms with van der Waals surface area (Å²) >= 11 is 0. The lowest BCUT2D eigenvalue weighted by atomic mass is 10.0. The molecule has 2 rings (SSSR count). The molecule has 1 saturated heterocycles. The number of rotatable bonds is 3. The molecule has 0 aliphatic carbocycles. The first-order valence-corrected chi connectivity index (χ1v) is 6.67. The molecule has 2 atom stereocenters. The molecule has 1 N–H and O–H groups in total. The summed E-state index contributed by atoms with van der Waals surface area (Å²) in [5.41, 5.74) is 2.40. The second-order valence-corrected chi connectivity index (χ2v) is 5.33. The highest BCUT2D eigenvalue weighted by Crippen LogP contribution is 2.28. The van der Waals surface area contributed by atoms with Gasteiger partial charge in [0.15, 0.2) is 0 Å². The Morgan fingerprint density at radius 3 is 2.67 bits per heavy atom. The molecule has 1 aliphatic heterocycles. The molecule has 1 aromatic rings. The minimum absolute atomic E-state index is 0.0230. The minimum atomic E-state index is -0.0598. The molecule has 1 amide bonds. The highest BCUT2D eigenvalue weighted by molar-refractivity contribution is 5.84. The third kappa shape index (κ3) is 2.27. The smallest absolute Gasteiger partial charge is 0.241 e. The Hall–Kier alpha value is -1.35. The van der Waals surface area contributed by atoms with Gasteiger partial charge in [-0.15, -0.1) is 0 Å². The van der Waals surface area contributed by atoms with Gasteiger partial charge in [-0.1, -0.05) is 43.7 Å². The standard InChI is InChI=1S/C15H22N2O/c1-5-17-14(12-8-6-7-11(4)9-12)16-13(10(2)3)15(17)18/h6-10,13-14,16H,5H2,1-4H3. The summed E-state index contributed by atoms with van der Waals surface area (Å²) in [6.07, 6.45) is 0.0230. The number of benzene rings is 1. The van der Waals surface area contributed by atoms with Crippen LogP contribution in [-0.2, 0) is 4.79 Å². The first-order chi connectivity index (χ1) is 8.54. The minimum Gasteiger partial charge on any atom is -0.322 e. The third-order valence-corrected chi connectivity index (χ3v) is 3.56. The maximum Gasteiger partial charge on any atom is 0.241 e. The first-order valence-electron chi connectivity index (χ1n) is 6.67. The second-order valence-electron chi connectivity index (χ2n) is 5.33. The lowest BCUT2D eigenvalue weighted by molar-refractivity contribution is -0.130. The Morgan fingerprint density at radius 1 is 1.39 bits per heavy atom. The first kappa shape index (κ1) is 13.1. The Morgan fingerprint density at radius 2 is 2.11 bits per heavy atom. The number of aryl methyl sites for hydroxylation is 1. The maximum atomic E-state index is 12.3. The van der Waals surface area contributed by atoms with Crippen molar-refractivity contribution in [3.8, 4) is 0 Å². The van der Waals surface area contributed by atoms with Crippen molar-refractivity contribution in [1.29, 1.82) is 0 Å². The van der Waals surface area contributed by atoms with Gasteiger partial charge in [0.25, 0.3) is 0 Å². The van der Waals surface area contributed by atoms with Gasteiger partial charge in [0.2, 0.25) is 5.91 Å². The highest BCUT2D eigenvalue weighted by Gasteiger charge is 2.39. The van der Waals surface area contributed by atoms with Crippen molar-refractivity contribution in [2.45, 2.75) is 39.9 Å². The van der Waals surface area contributed by atoms with Gasteiger partial charge in [-0.05, 0) is 25.3 Å². The van der Waals surface area contributed by atoms with Gasteiger partial charge in [0.1, 0.15) is 6.17 Å². The predicted molar refractivity (Wildman–Crippen MR) is 73.1 cm³/mol. The molecule has 0 saturated carbocycles. The van der Waals surface area contributed by atoms with Crippen molar-refractivity contribution in [3.05, 3.63) is 35.4 Å². The van der Waals surface area contributed by atoms with Gasteiger partial charge >= 0.3 is 0 Å². The summed E-state index contributed by atoms with van der Waals surface area (Å²) in [7, 11) is 0. The van der Waals surface area contributed by atoms with Crippen LogP contribution in [0.1, 0.15) is 38.1 Å². The van der Waals surface area contributed by atoms with Crippen molar-refractivity contribution in [2.75, 3.05) is 6.54 Å². The number of amides is 1. The predicted octanol–water partition coefficient (Wildman–Crippen LogP) is 2.47. The Labute approximate surface area is 109 Å². The molecule has 3 nitrogen and oxygen atoms in total. The molecule has 0 aromatic heterocycles. The lowest BCUT2D eigenvalue weighted by Gasteiger charge is -2.23. The number of carbonyl (C=O) groups excluding carboxylic acids is 1. The second kappa shape index (κ2) is 5.11. The molecule has 2 unspecified atom stereocenters. The molecule has 1 heterocycles.